The summed E-state index contributed by atoms with van der Waals surface area (Å²) in [6.45, 7) is 5.06. The molecule has 1 aromatic carbocycles. The summed E-state index contributed by atoms with van der Waals surface area (Å²) in [4.78, 5) is 18.5. The molecule has 3 rings (SSSR count). The summed E-state index contributed by atoms with van der Waals surface area (Å²) >= 11 is 0. The number of alkyl halides is 3. The fourth-order valence-corrected chi connectivity index (χ4v) is 4.36. The number of rotatable bonds is 3. The van der Waals surface area contributed by atoms with Crippen molar-refractivity contribution in [3.05, 3.63) is 29.6 Å². The van der Waals surface area contributed by atoms with Crippen LogP contribution in [0.15, 0.2) is 23.2 Å². The molecule has 0 spiro atoms. The highest BCUT2D eigenvalue weighted by Crippen LogP contribution is 2.48. The maximum absolute atomic E-state index is 14.9. The van der Waals surface area contributed by atoms with Crippen LogP contribution < -0.4 is 11.1 Å². The van der Waals surface area contributed by atoms with Crippen LogP contribution in [0.4, 0.5) is 23.2 Å². The minimum absolute atomic E-state index is 0.00469. The van der Waals surface area contributed by atoms with Crippen LogP contribution in [0.5, 0.6) is 0 Å². The lowest BCUT2D eigenvalue weighted by molar-refractivity contribution is -0.182. The third kappa shape index (κ3) is 3.74. The van der Waals surface area contributed by atoms with Crippen LogP contribution in [0.25, 0.3) is 0 Å². The molecule has 1 aromatic rings. The Kier molecular flexibility index (Phi) is 5.54. The van der Waals surface area contributed by atoms with Crippen molar-refractivity contribution in [1.29, 1.82) is 0 Å². The Bertz CT molecular complexity index is 859. The van der Waals surface area contributed by atoms with Gasteiger partial charge in [0.25, 0.3) is 0 Å². The van der Waals surface area contributed by atoms with Crippen LogP contribution >= 0.6 is 0 Å². The second-order valence-corrected chi connectivity index (χ2v) is 8.96. The Morgan fingerprint density at radius 3 is 2.33 bits per heavy atom. The van der Waals surface area contributed by atoms with Gasteiger partial charge >= 0.3 is 6.18 Å². The maximum atomic E-state index is 14.9. The van der Waals surface area contributed by atoms with Crippen LogP contribution in [-0.4, -0.2) is 36.0 Å². The smallest absolute Gasteiger partial charge is 0.382 e. The van der Waals surface area contributed by atoms with Crippen molar-refractivity contribution in [2.45, 2.75) is 64.2 Å². The number of guanidine groups is 1. The molecule has 0 aromatic heterocycles. The highest BCUT2D eigenvalue weighted by Gasteiger charge is 2.54. The van der Waals surface area contributed by atoms with Gasteiger partial charge in [0.15, 0.2) is 5.96 Å². The Balaban J connectivity index is 1.87. The number of hydrogen-bond acceptors (Lipinski definition) is 4. The van der Waals surface area contributed by atoms with Crippen LogP contribution in [0.3, 0.4) is 0 Å². The predicted molar refractivity (Wildman–Crippen MR) is 107 cm³/mol. The van der Waals surface area contributed by atoms with E-state index in [0.717, 1.165) is 0 Å². The minimum atomic E-state index is -4.16. The third-order valence-electron chi connectivity index (χ3n) is 6.79. The topological polar surface area (TPSA) is 70.7 Å². The van der Waals surface area contributed by atoms with E-state index in [-0.39, 0.29) is 36.3 Å². The number of carbonyl (C=O) groups excluding carboxylic acids is 1. The molecule has 9 heteroatoms. The molecule has 1 amide bonds. The first kappa shape index (κ1) is 22.4. The van der Waals surface area contributed by atoms with Crippen LogP contribution in [-0.2, 0) is 10.3 Å². The molecule has 5 nitrogen and oxygen atoms in total. The molecule has 0 radical (unpaired) electrons. The molecule has 0 bridgehead atoms. The van der Waals surface area contributed by atoms with E-state index in [1.165, 1.54) is 18.0 Å². The van der Waals surface area contributed by atoms with Gasteiger partial charge < -0.3 is 11.1 Å². The summed E-state index contributed by atoms with van der Waals surface area (Å²) in [5, 5.41) is 3.23. The fraction of sp³-hybridized carbons (Fsp3) is 0.619. The number of carbonyl (C=O) groups is 1. The van der Waals surface area contributed by atoms with Gasteiger partial charge in [-0.25, -0.2) is 9.38 Å². The average molecular weight is 428 g/mol. The standard InChI is InChI=1S/C21H28F4N4O/c1-19(2)17(30)29(4)18(26)28-20(19,3)15-11-14(9-10-16(15)22)27-13-7-5-12(6-8-13)21(23,24)25/h9-13,27H,5-8H2,1-4H3,(H2,26,28). The van der Waals surface area contributed by atoms with Crippen molar-refractivity contribution in [2.75, 3.05) is 12.4 Å². The van der Waals surface area contributed by atoms with E-state index in [4.69, 9.17) is 5.73 Å². The molecule has 1 atom stereocenters. The second kappa shape index (κ2) is 7.42. The molecule has 1 aliphatic heterocycles. The number of amides is 1. The number of nitrogens with one attached hydrogen (secondary N) is 1. The van der Waals surface area contributed by atoms with Crippen molar-refractivity contribution >= 4 is 17.6 Å². The quantitative estimate of drug-likeness (QED) is 0.702. The van der Waals surface area contributed by atoms with E-state index in [1.807, 2.05) is 0 Å². The summed E-state index contributed by atoms with van der Waals surface area (Å²) in [5.41, 5.74) is 4.41. The largest absolute Gasteiger partial charge is 0.391 e. The van der Waals surface area contributed by atoms with E-state index in [2.05, 4.69) is 10.3 Å². The van der Waals surface area contributed by atoms with E-state index < -0.39 is 28.9 Å². The maximum Gasteiger partial charge on any atom is 0.391 e. The van der Waals surface area contributed by atoms with Crippen molar-refractivity contribution < 1.29 is 22.4 Å². The normalized spacial score (nSPS) is 29.5. The fourth-order valence-electron chi connectivity index (χ4n) is 4.36. The zero-order valence-corrected chi connectivity index (χ0v) is 17.6. The van der Waals surface area contributed by atoms with Gasteiger partial charge in [-0.2, -0.15) is 13.2 Å². The molecule has 0 saturated heterocycles. The van der Waals surface area contributed by atoms with Gasteiger partial charge in [-0.05, 0) is 64.7 Å². The van der Waals surface area contributed by atoms with Crippen molar-refractivity contribution in [1.82, 2.24) is 4.90 Å². The molecule has 1 heterocycles. The molecule has 1 saturated carbocycles. The van der Waals surface area contributed by atoms with Crippen molar-refractivity contribution in [3.63, 3.8) is 0 Å². The lowest BCUT2D eigenvalue weighted by Gasteiger charge is -2.46. The van der Waals surface area contributed by atoms with Gasteiger partial charge in [0, 0.05) is 24.3 Å². The van der Waals surface area contributed by atoms with E-state index >= 15 is 0 Å². The van der Waals surface area contributed by atoms with E-state index in [9.17, 15) is 22.4 Å². The van der Waals surface area contributed by atoms with E-state index in [1.54, 1.807) is 32.9 Å². The number of nitrogens with two attached hydrogens (primary N) is 1. The second-order valence-electron chi connectivity index (χ2n) is 8.96. The van der Waals surface area contributed by atoms with Gasteiger partial charge in [-0.1, -0.05) is 0 Å². The minimum Gasteiger partial charge on any atom is -0.382 e. The van der Waals surface area contributed by atoms with Gasteiger partial charge in [-0.15, -0.1) is 0 Å². The van der Waals surface area contributed by atoms with Gasteiger partial charge in [0.2, 0.25) is 5.91 Å². The number of benzene rings is 1. The monoisotopic (exact) mass is 428 g/mol. The number of hydrogen-bond donors (Lipinski definition) is 2. The molecule has 1 aliphatic carbocycles. The number of nitrogens with zero attached hydrogens (tertiary/aromatic N) is 2. The predicted octanol–water partition coefficient (Wildman–Crippen LogP) is 4.39. The first-order valence-electron chi connectivity index (χ1n) is 10.0. The zero-order valence-electron chi connectivity index (χ0n) is 17.6. The molecule has 3 N–H and O–H groups in total. The van der Waals surface area contributed by atoms with Crippen molar-refractivity contribution in [3.8, 4) is 0 Å². The molecule has 2 aliphatic rings. The zero-order chi connectivity index (χ0) is 22.5. The van der Waals surface area contributed by atoms with Gasteiger partial charge in [0.1, 0.15) is 11.4 Å². The Morgan fingerprint density at radius 2 is 1.77 bits per heavy atom. The Labute approximate surface area is 173 Å². The molecule has 1 unspecified atom stereocenters. The van der Waals surface area contributed by atoms with Gasteiger partial charge in [0.05, 0.1) is 11.3 Å². The van der Waals surface area contributed by atoms with E-state index in [0.29, 0.717) is 18.5 Å². The molecule has 166 valence electrons. The molecule has 1 fully saturated rings. The first-order chi connectivity index (χ1) is 13.8. The van der Waals surface area contributed by atoms with Crippen molar-refractivity contribution in [2.24, 2.45) is 22.1 Å². The highest BCUT2D eigenvalue weighted by atomic mass is 19.4. The molecular formula is C21H28F4N4O. The summed E-state index contributed by atoms with van der Waals surface area (Å²) < 4.78 is 53.5. The summed E-state index contributed by atoms with van der Waals surface area (Å²) in [6, 6.07) is 4.29. The third-order valence-corrected chi connectivity index (χ3v) is 6.79. The summed E-state index contributed by atoms with van der Waals surface area (Å²) in [6.07, 6.45) is -3.25. The molecule has 30 heavy (non-hydrogen) atoms. The first-order valence-corrected chi connectivity index (χ1v) is 10.0. The highest BCUT2D eigenvalue weighted by molar-refractivity contribution is 6.01. The van der Waals surface area contributed by atoms with Crippen LogP contribution in [0, 0.1) is 17.2 Å². The van der Waals surface area contributed by atoms with Crippen LogP contribution in [0.1, 0.15) is 52.0 Å². The van der Waals surface area contributed by atoms with Gasteiger partial charge in [-0.3, -0.25) is 9.69 Å². The summed E-state index contributed by atoms with van der Waals surface area (Å²) in [7, 11) is 1.52. The lowest BCUT2D eigenvalue weighted by Crippen LogP contribution is -2.58. The van der Waals surface area contributed by atoms with Crippen LogP contribution in [0.2, 0.25) is 0 Å². The SMILES string of the molecule is CN1C(=O)C(C)(C)C(C)(c2cc(NC3CCC(C(F)(F)F)CC3)ccc2F)N=C1N. The summed E-state index contributed by atoms with van der Waals surface area (Å²) in [5.74, 6) is -2.06. The Hall–Kier alpha value is -2.32. The Morgan fingerprint density at radius 1 is 1.17 bits per heavy atom. The lowest BCUT2D eigenvalue weighted by atomic mass is 9.67. The number of aliphatic imine (C=N–C) groups is 1. The average Bonchev–Trinajstić information content (AvgIpc) is 2.66. The molecular weight excluding hydrogens is 400 g/mol. The number of anilines is 1. The number of halogens is 4.